The number of sulfone groups is 1. The molecular weight excluding hydrogens is 411 g/mol. The maximum atomic E-state index is 13.4. The summed E-state index contributed by atoms with van der Waals surface area (Å²) in [5, 5.41) is 8.39. The lowest BCUT2D eigenvalue weighted by atomic mass is 10.1. The number of hydroxylamine groups is 2. The molecule has 1 N–H and O–H groups in total. The molecule has 6 nitrogen and oxygen atoms in total. The first-order chi connectivity index (χ1) is 13.6. The second-order valence-electron chi connectivity index (χ2n) is 6.54. The Morgan fingerprint density at radius 2 is 1.72 bits per heavy atom. The van der Waals surface area contributed by atoms with Gasteiger partial charge in [0.15, 0.2) is 9.84 Å². The Hall–Kier alpha value is -2.59. The Labute approximate surface area is 165 Å². The van der Waals surface area contributed by atoms with Gasteiger partial charge in [-0.05, 0) is 30.9 Å². The van der Waals surface area contributed by atoms with E-state index in [-0.39, 0.29) is 18.5 Å². The van der Waals surface area contributed by atoms with Gasteiger partial charge >= 0.3 is 6.36 Å². The normalized spacial score (nSPS) is 18.4. The fraction of sp³-hybridized carbons (Fsp3) is 0.316. The molecule has 1 heterocycles. The summed E-state index contributed by atoms with van der Waals surface area (Å²) in [6, 6.07) is 11.5. The molecule has 1 atom stereocenters. The van der Waals surface area contributed by atoms with E-state index in [4.69, 9.17) is 0 Å². The van der Waals surface area contributed by atoms with Gasteiger partial charge in [0.1, 0.15) is 15.9 Å². The van der Waals surface area contributed by atoms with Gasteiger partial charge in [-0.25, -0.2) is 13.5 Å². The van der Waals surface area contributed by atoms with Crippen molar-refractivity contribution >= 4 is 15.7 Å². The fourth-order valence-electron chi connectivity index (χ4n) is 3.28. The molecule has 1 aliphatic heterocycles. The standard InChI is InChI=1S/C19H18F3NO5S/c20-19(21,22)28-15-10-6-9-14(13-7-2-1-3-8-13)17(15)29(26,27)16-11-4-5-12-23(25)18(16)24/h1-3,6-10,16,25H,4-5,11-12H2. The Balaban J connectivity index is 2.23. The minimum absolute atomic E-state index is 0.0195. The molecule has 0 spiro atoms. The molecular formula is C19H18F3NO5S. The highest BCUT2D eigenvalue weighted by molar-refractivity contribution is 7.93. The van der Waals surface area contributed by atoms with E-state index in [1.807, 2.05) is 0 Å². The number of carbonyl (C=O) groups is 1. The first-order valence-corrected chi connectivity index (χ1v) is 10.3. The zero-order chi connectivity index (χ0) is 21.2. The number of ether oxygens (including phenoxy) is 1. The highest BCUT2D eigenvalue weighted by Crippen LogP contribution is 2.40. The second-order valence-corrected chi connectivity index (χ2v) is 8.60. The number of alkyl halides is 3. The van der Waals surface area contributed by atoms with Crippen molar-refractivity contribution in [1.82, 2.24) is 5.06 Å². The van der Waals surface area contributed by atoms with Gasteiger partial charge in [-0.15, -0.1) is 13.2 Å². The molecule has 0 bridgehead atoms. The largest absolute Gasteiger partial charge is 0.573 e. The maximum Gasteiger partial charge on any atom is 0.573 e. The van der Waals surface area contributed by atoms with E-state index in [0.717, 1.165) is 6.07 Å². The zero-order valence-corrected chi connectivity index (χ0v) is 15.9. The summed E-state index contributed by atoms with van der Waals surface area (Å²) >= 11 is 0. The van der Waals surface area contributed by atoms with Crippen LogP contribution in [0.4, 0.5) is 13.2 Å². The van der Waals surface area contributed by atoms with Crippen molar-refractivity contribution in [3.05, 3.63) is 48.5 Å². The second kappa shape index (κ2) is 8.03. The van der Waals surface area contributed by atoms with Crippen LogP contribution >= 0.6 is 0 Å². The third-order valence-electron chi connectivity index (χ3n) is 4.56. The van der Waals surface area contributed by atoms with Gasteiger partial charge in [0, 0.05) is 12.1 Å². The minimum Gasteiger partial charge on any atom is -0.404 e. The molecule has 2 aromatic rings. The van der Waals surface area contributed by atoms with Crippen LogP contribution in [0.1, 0.15) is 19.3 Å². The number of hydrogen-bond donors (Lipinski definition) is 1. The summed E-state index contributed by atoms with van der Waals surface area (Å²) in [5.74, 6) is -1.98. The highest BCUT2D eigenvalue weighted by atomic mass is 32.2. The van der Waals surface area contributed by atoms with Crippen LogP contribution in [-0.4, -0.2) is 42.8 Å². The topological polar surface area (TPSA) is 83.9 Å². The number of benzene rings is 2. The van der Waals surface area contributed by atoms with E-state index in [0.29, 0.717) is 23.5 Å². The van der Waals surface area contributed by atoms with Crippen LogP contribution in [0.5, 0.6) is 5.75 Å². The van der Waals surface area contributed by atoms with Crippen molar-refractivity contribution in [2.24, 2.45) is 0 Å². The van der Waals surface area contributed by atoms with Crippen LogP contribution in [0.15, 0.2) is 53.4 Å². The molecule has 1 amide bonds. The number of carbonyl (C=O) groups excluding carboxylic acids is 1. The van der Waals surface area contributed by atoms with Gasteiger partial charge in [0.2, 0.25) is 0 Å². The van der Waals surface area contributed by atoms with Gasteiger partial charge < -0.3 is 4.74 Å². The van der Waals surface area contributed by atoms with E-state index >= 15 is 0 Å². The molecule has 0 saturated carbocycles. The molecule has 2 aromatic carbocycles. The van der Waals surface area contributed by atoms with Crippen LogP contribution in [-0.2, 0) is 14.6 Å². The molecule has 0 aromatic heterocycles. The number of amides is 1. The van der Waals surface area contributed by atoms with Gasteiger partial charge in [0.25, 0.3) is 5.91 Å². The highest BCUT2D eigenvalue weighted by Gasteiger charge is 2.42. The Bertz CT molecular complexity index is 993. The molecule has 1 unspecified atom stereocenters. The lowest BCUT2D eigenvalue weighted by Crippen LogP contribution is -2.40. The van der Waals surface area contributed by atoms with Crippen molar-refractivity contribution in [2.45, 2.75) is 35.8 Å². The lowest BCUT2D eigenvalue weighted by molar-refractivity contribution is -0.275. The van der Waals surface area contributed by atoms with E-state index in [1.165, 1.54) is 12.1 Å². The molecule has 3 rings (SSSR count). The molecule has 156 valence electrons. The fourth-order valence-corrected chi connectivity index (χ4v) is 5.31. The summed E-state index contributed by atoms with van der Waals surface area (Å²) in [4.78, 5) is 11.7. The lowest BCUT2D eigenvalue weighted by Gasteiger charge is -2.22. The van der Waals surface area contributed by atoms with E-state index in [1.54, 1.807) is 30.3 Å². The Morgan fingerprint density at radius 1 is 1.03 bits per heavy atom. The summed E-state index contributed by atoms with van der Waals surface area (Å²) < 4.78 is 69.7. The van der Waals surface area contributed by atoms with Gasteiger partial charge in [-0.2, -0.15) is 0 Å². The maximum absolute atomic E-state index is 13.4. The van der Waals surface area contributed by atoms with Gasteiger partial charge in [-0.1, -0.05) is 42.5 Å². The van der Waals surface area contributed by atoms with E-state index < -0.39 is 38.0 Å². The van der Waals surface area contributed by atoms with Crippen molar-refractivity contribution < 1.29 is 36.3 Å². The Morgan fingerprint density at radius 3 is 2.38 bits per heavy atom. The average molecular weight is 429 g/mol. The molecule has 0 aliphatic carbocycles. The quantitative estimate of drug-likeness (QED) is 0.748. The summed E-state index contributed by atoms with van der Waals surface area (Å²) in [5.41, 5.74) is 0.328. The van der Waals surface area contributed by atoms with Crippen molar-refractivity contribution in [3.63, 3.8) is 0 Å². The number of rotatable bonds is 4. The number of halogens is 3. The Kier molecular flexibility index (Phi) is 5.85. The molecule has 10 heteroatoms. The minimum atomic E-state index is -5.13. The van der Waals surface area contributed by atoms with Crippen LogP contribution < -0.4 is 4.74 Å². The van der Waals surface area contributed by atoms with Crippen LogP contribution in [0.2, 0.25) is 0 Å². The van der Waals surface area contributed by atoms with Crippen molar-refractivity contribution in [2.75, 3.05) is 6.54 Å². The first kappa shape index (κ1) is 21.1. The van der Waals surface area contributed by atoms with Crippen molar-refractivity contribution in [3.8, 4) is 16.9 Å². The third kappa shape index (κ3) is 4.54. The third-order valence-corrected chi connectivity index (χ3v) is 6.74. The number of nitrogens with zero attached hydrogens (tertiary/aromatic N) is 1. The summed E-state index contributed by atoms with van der Waals surface area (Å²) in [6.45, 7) is -0.0445. The van der Waals surface area contributed by atoms with Crippen LogP contribution in [0.3, 0.4) is 0 Å². The van der Waals surface area contributed by atoms with Gasteiger partial charge in [0.05, 0.1) is 0 Å². The summed E-state index contributed by atoms with van der Waals surface area (Å²) in [7, 11) is -4.63. The zero-order valence-electron chi connectivity index (χ0n) is 15.1. The predicted octanol–water partition coefficient (Wildman–Crippen LogP) is 3.80. The van der Waals surface area contributed by atoms with Crippen LogP contribution in [0, 0.1) is 0 Å². The molecule has 1 fully saturated rings. The SMILES string of the molecule is O=C1C(S(=O)(=O)c2c(OC(F)(F)F)cccc2-c2ccccc2)CCCCN1O. The predicted molar refractivity (Wildman–Crippen MR) is 96.9 cm³/mol. The van der Waals surface area contributed by atoms with Gasteiger partial charge in [-0.3, -0.25) is 10.0 Å². The number of hydrogen-bond acceptors (Lipinski definition) is 5. The molecule has 0 radical (unpaired) electrons. The molecule has 29 heavy (non-hydrogen) atoms. The smallest absolute Gasteiger partial charge is 0.404 e. The van der Waals surface area contributed by atoms with Crippen LogP contribution in [0.25, 0.3) is 11.1 Å². The monoisotopic (exact) mass is 429 g/mol. The average Bonchev–Trinajstić information content (AvgIpc) is 2.82. The molecule has 1 saturated heterocycles. The first-order valence-electron chi connectivity index (χ1n) is 8.79. The van der Waals surface area contributed by atoms with E-state index in [9.17, 15) is 31.6 Å². The summed E-state index contributed by atoms with van der Waals surface area (Å²) in [6.07, 6.45) is -4.56. The van der Waals surface area contributed by atoms with Crippen molar-refractivity contribution in [1.29, 1.82) is 0 Å². The molecule has 1 aliphatic rings. The van der Waals surface area contributed by atoms with E-state index in [2.05, 4.69) is 4.74 Å².